The van der Waals surface area contributed by atoms with Crippen LogP contribution in [0.5, 0.6) is 11.5 Å². The zero-order valence-corrected chi connectivity index (χ0v) is 10.4. The molecule has 0 radical (unpaired) electrons. The number of aromatic nitrogens is 2. The summed E-state index contributed by atoms with van der Waals surface area (Å²) >= 11 is 0. The summed E-state index contributed by atoms with van der Waals surface area (Å²) in [6, 6.07) is 11.1. The predicted octanol–water partition coefficient (Wildman–Crippen LogP) is 3.01. The number of benzene rings is 2. The van der Waals surface area contributed by atoms with Gasteiger partial charge in [0.05, 0.1) is 18.1 Å². The van der Waals surface area contributed by atoms with Crippen molar-refractivity contribution >= 4 is 11.0 Å². The first-order valence-corrected chi connectivity index (χ1v) is 5.86. The van der Waals surface area contributed by atoms with Crippen LogP contribution < -0.4 is 4.74 Å². The number of rotatable bonds is 2. The van der Waals surface area contributed by atoms with E-state index in [4.69, 9.17) is 4.74 Å². The Kier molecular flexibility index (Phi) is 2.76. The Morgan fingerprint density at radius 3 is 2.37 bits per heavy atom. The van der Waals surface area contributed by atoms with Gasteiger partial charge < -0.3 is 9.84 Å². The van der Waals surface area contributed by atoms with E-state index in [1.165, 1.54) is 7.11 Å². The topological polar surface area (TPSA) is 55.2 Å². The van der Waals surface area contributed by atoms with E-state index < -0.39 is 0 Å². The molecule has 1 N–H and O–H groups in total. The third-order valence-corrected chi connectivity index (χ3v) is 2.98. The van der Waals surface area contributed by atoms with E-state index in [-0.39, 0.29) is 5.75 Å². The Balaban J connectivity index is 2.13. The quantitative estimate of drug-likeness (QED) is 0.761. The third kappa shape index (κ3) is 2.08. The van der Waals surface area contributed by atoms with Crippen molar-refractivity contribution in [3.63, 3.8) is 0 Å². The molecule has 4 nitrogen and oxygen atoms in total. The summed E-state index contributed by atoms with van der Waals surface area (Å²) in [7, 11) is 1.53. The molecule has 19 heavy (non-hydrogen) atoms. The number of ether oxygens (including phenoxy) is 1. The van der Waals surface area contributed by atoms with Crippen LogP contribution in [0.2, 0.25) is 0 Å². The van der Waals surface area contributed by atoms with Crippen molar-refractivity contribution in [3.8, 4) is 22.6 Å². The van der Waals surface area contributed by atoms with Gasteiger partial charge in [0.1, 0.15) is 0 Å². The van der Waals surface area contributed by atoms with Crippen LogP contribution in [0, 0.1) is 0 Å². The van der Waals surface area contributed by atoms with Gasteiger partial charge in [-0.1, -0.05) is 12.1 Å². The van der Waals surface area contributed by atoms with Gasteiger partial charge in [0.25, 0.3) is 0 Å². The Bertz CT molecular complexity index is 741. The molecule has 0 unspecified atom stereocenters. The fourth-order valence-corrected chi connectivity index (χ4v) is 2.00. The van der Waals surface area contributed by atoms with Gasteiger partial charge >= 0.3 is 0 Å². The number of phenolic OH excluding ortho intramolecular Hbond substituents is 1. The highest BCUT2D eigenvalue weighted by Gasteiger charge is 2.05. The van der Waals surface area contributed by atoms with Crippen molar-refractivity contribution in [1.82, 2.24) is 9.97 Å². The van der Waals surface area contributed by atoms with Crippen LogP contribution >= 0.6 is 0 Å². The highest BCUT2D eigenvalue weighted by atomic mass is 16.5. The molecule has 2 aromatic carbocycles. The SMILES string of the molecule is COc1cc(-c2ccc3nccnc3c2)ccc1O. The molecule has 0 saturated heterocycles. The molecule has 4 heteroatoms. The fraction of sp³-hybridized carbons (Fsp3) is 0.0667. The number of fused-ring (bicyclic) bond motifs is 1. The lowest BCUT2D eigenvalue weighted by atomic mass is 10.0. The Labute approximate surface area is 110 Å². The summed E-state index contributed by atoms with van der Waals surface area (Å²) in [5.41, 5.74) is 3.66. The smallest absolute Gasteiger partial charge is 0.161 e. The molecule has 94 valence electrons. The van der Waals surface area contributed by atoms with E-state index in [1.807, 2.05) is 24.3 Å². The molecular formula is C15H12N2O2. The highest BCUT2D eigenvalue weighted by Crippen LogP contribution is 2.32. The minimum absolute atomic E-state index is 0.131. The lowest BCUT2D eigenvalue weighted by Gasteiger charge is -2.07. The first-order valence-electron chi connectivity index (χ1n) is 5.86. The molecule has 1 aromatic heterocycles. The minimum atomic E-state index is 0.131. The number of methoxy groups -OCH3 is 1. The molecule has 0 bridgehead atoms. The first-order chi connectivity index (χ1) is 9.28. The highest BCUT2D eigenvalue weighted by molar-refractivity contribution is 5.81. The standard InChI is InChI=1S/C15H12N2O2/c1-19-15-9-11(3-5-14(15)18)10-2-4-12-13(8-10)17-7-6-16-12/h2-9,18H,1H3. The van der Waals surface area contributed by atoms with Crippen molar-refractivity contribution in [2.75, 3.05) is 7.11 Å². The van der Waals surface area contributed by atoms with Crippen LogP contribution in [0.4, 0.5) is 0 Å². The second-order valence-electron chi connectivity index (χ2n) is 4.15. The monoisotopic (exact) mass is 252 g/mol. The van der Waals surface area contributed by atoms with E-state index in [0.717, 1.165) is 22.2 Å². The zero-order valence-electron chi connectivity index (χ0n) is 10.4. The van der Waals surface area contributed by atoms with Gasteiger partial charge in [-0.25, -0.2) is 0 Å². The summed E-state index contributed by atoms with van der Waals surface area (Å²) in [4.78, 5) is 8.52. The molecule has 3 aromatic rings. The molecule has 0 aliphatic carbocycles. The Hall–Kier alpha value is -2.62. The van der Waals surface area contributed by atoms with Crippen molar-refractivity contribution in [2.45, 2.75) is 0 Å². The lowest BCUT2D eigenvalue weighted by Crippen LogP contribution is -1.87. The predicted molar refractivity (Wildman–Crippen MR) is 73.2 cm³/mol. The maximum Gasteiger partial charge on any atom is 0.161 e. The normalized spacial score (nSPS) is 10.6. The van der Waals surface area contributed by atoms with Crippen LogP contribution in [0.3, 0.4) is 0 Å². The number of phenols is 1. The van der Waals surface area contributed by atoms with Gasteiger partial charge in [0.2, 0.25) is 0 Å². The van der Waals surface area contributed by atoms with Gasteiger partial charge in [-0.3, -0.25) is 9.97 Å². The van der Waals surface area contributed by atoms with Crippen molar-refractivity contribution < 1.29 is 9.84 Å². The third-order valence-electron chi connectivity index (χ3n) is 2.98. The summed E-state index contributed by atoms with van der Waals surface area (Å²) in [5.74, 6) is 0.587. The van der Waals surface area contributed by atoms with Crippen LogP contribution in [0.25, 0.3) is 22.2 Å². The number of hydrogen-bond acceptors (Lipinski definition) is 4. The van der Waals surface area contributed by atoms with Crippen LogP contribution in [-0.4, -0.2) is 22.2 Å². The molecule has 1 heterocycles. The molecule has 0 aliphatic rings. The Morgan fingerprint density at radius 2 is 1.58 bits per heavy atom. The van der Waals surface area contributed by atoms with Crippen molar-refractivity contribution in [2.24, 2.45) is 0 Å². The van der Waals surface area contributed by atoms with E-state index in [0.29, 0.717) is 5.75 Å². The summed E-state index contributed by atoms with van der Waals surface area (Å²) in [5, 5.41) is 9.61. The second-order valence-corrected chi connectivity index (χ2v) is 4.15. The average molecular weight is 252 g/mol. The maximum atomic E-state index is 9.61. The summed E-state index contributed by atoms with van der Waals surface area (Å²) in [6.45, 7) is 0. The molecule has 0 fully saturated rings. The van der Waals surface area contributed by atoms with E-state index in [1.54, 1.807) is 24.5 Å². The summed E-state index contributed by atoms with van der Waals surface area (Å²) in [6.07, 6.45) is 3.34. The summed E-state index contributed by atoms with van der Waals surface area (Å²) < 4.78 is 5.12. The van der Waals surface area contributed by atoms with Crippen LogP contribution in [0.1, 0.15) is 0 Å². The van der Waals surface area contributed by atoms with Gasteiger partial charge in [-0.2, -0.15) is 0 Å². The average Bonchev–Trinajstić information content (AvgIpc) is 2.47. The van der Waals surface area contributed by atoms with E-state index in [9.17, 15) is 5.11 Å². The maximum absolute atomic E-state index is 9.61. The molecule has 0 saturated carbocycles. The second kappa shape index (κ2) is 4.57. The molecule has 0 spiro atoms. The minimum Gasteiger partial charge on any atom is -0.504 e. The molecule has 0 amide bonds. The van der Waals surface area contributed by atoms with Crippen molar-refractivity contribution in [3.05, 3.63) is 48.8 Å². The fourth-order valence-electron chi connectivity index (χ4n) is 2.00. The van der Waals surface area contributed by atoms with Gasteiger partial charge in [-0.15, -0.1) is 0 Å². The van der Waals surface area contributed by atoms with Gasteiger partial charge in [-0.05, 0) is 35.4 Å². The molecule has 3 rings (SSSR count). The van der Waals surface area contributed by atoms with E-state index >= 15 is 0 Å². The lowest BCUT2D eigenvalue weighted by molar-refractivity contribution is 0.373. The number of nitrogens with zero attached hydrogens (tertiary/aromatic N) is 2. The number of hydrogen-bond donors (Lipinski definition) is 1. The molecule has 0 aliphatic heterocycles. The molecule has 0 atom stereocenters. The van der Waals surface area contributed by atoms with E-state index in [2.05, 4.69) is 9.97 Å². The van der Waals surface area contributed by atoms with Crippen LogP contribution in [-0.2, 0) is 0 Å². The largest absolute Gasteiger partial charge is 0.504 e. The number of aromatic hydroxyl groups is 1. The molecular weight excluding hydrogens is 240 g/mol. The zero-order chi connectivity index (χ0) is 13.2. The Morgan fingerprint density at radius 1 is 0.895 bits per heavy atom. The van der Waals surface area contributed by atoms with Gasteiger partial charge in [0, 0.05) is 12.4 Å². The van der Waals surface area contributed by atoms with Crippen LogP contribution in [0.15, 0.2) is 48.8 Å². The van der Waals surface area contributed by atoms with Crippen molar-refractivity contribution in [1.29, 1.82) is 0 Å². The van der Waals surface area contributed by atoms with Gasteiger partial charge in [0.15, 0.2) is 11.5 Å². The first kappa shape index (κ1) is 11.5.